The fraction of sp³-hybridized carbons (Fsp3) is 0.500. The van der Waals surface area contributed by atoms with Crippen LogP contribution in [0.4, 0.5) is 0 Å². The lowest BCUT2D eigenvalue weighted by atomic mass is 10.0. The Balaban J connectivity index is 1.60. The standard InChI is InChI=1S/C18H23N3O2S/c1-18(2,3)21-14-8-9-20(12-13(14)11-19-21)17(23)7-6-15(22)16-5-4-10-24-16/h4-5,10-11H,6-9,12H2,1-3H3. The molecule has 1 aliphatic rings. The van der Waals surface area contributed by atoms with Crippen LogP contribution in [0.1, 0.15) is 54.5 Å². The van der Waals surface area contributed by atoms with Crippen molar-refractivity contribution in [2.45, 2.75) is 52.1 Å². The maximum Gasteiger partial charge on any atom is 0.223 e. The van der Waals surface area contributed by atoms with E-state index < -0.39 is 0 Å². The van der Waals surface area contributed by atoms with Gasteiger partial charge in [-0.25, -0.2) is 0 Å². The van der Waals surface area contributed by atoms with Crippen molar-refractivity contribution < 1.29 is 9.59 Å². The zero-order chi connectivity index (χ0) is 17.3. The maximum atomic E-state index is 12.4. The van der Waals surface area contributed by atoms with E-state index in [1.807, 2.05) is 28.6 Å². The molecule has 0 aromatic carbocycles. The molecule has 1 aliphatic heterocycles. The monoisotopic (exact) mass is 345 g/mol. The minimum atomic E-state index is -0.0487. The lowest BCUT2D eigenvalue weighted by molar-refractivity contribution is -0.132. The summed E-state index contributed by atoms with van der Waals surface area (Å²) in [6.45, 7) is 7.69. The number of aromatic nitrogens is 2. The Morgan fingerprint density at radius 1 is 1.29 bits per heavy atom. The molecule has 6 heteroatoms. The Bertz CT molecular complexity index is 741. The number of ketones is 1. The lowest BCUT2D eigenvalue weighted by Crippen LogP contribution is -2.37. The van der Waals surface area contributed by atoms with Gasteiger partial charge in [-0.05, 0) is 32.2 Å². The van der Waals surface area contributed by atoms with E-state index in [-0.39, 0.29) is 30.1 Å². The van der Waals surface area contributed by atoms with Gasteiger partial charge in [-0.3, -0.25) is 14.3 Å². The fourth-order valence-electron chi connectivity index (χ4n) is 3.06. The first-order chi connectivity index (χ1) is 11.4. The van der Waals surface area contributed by atoms with E-state index in [4.69, 9.17) is 0 Å². The van der Waals surface area contributed by atoms with E-state index in [0.717, 1.165) is 16.9 Å². The van der Waals surface area contributed by atoms with Gasteiger partial charge in [0.2, 0.25) is 5.91 Å². The number of hydrogen-bond donors (Lipinski definition) is 0. The number of amides is 1. The van der Waals surface area contributed by atoms with Gasteiger partial charge in [-0.2, -0.15) is 5.10 Å². The summed E-state index contributed by atoms with van der Waals surface area (Å²) in [4.78, 5) is 27.0. The highest BCUT2D eigenvalue weighted by molar-refractivity contribution is 7.12. The van der Waals surface area contributed by atoms with Crippen molar-refractivity contribution in [3.8, 4) is 0 Å². The van der Waals surface area contributed by atoms with Crippen molar-refractivity contribution in [2.75, 3.05) is 6.54 Å². The molecule has 5 nitrogen and oxygen atoms in total. The third-order valence-electron chi connectivity index (χ3n) is 4.29. The average Bonchev–Trinajstić information content (AvgIpc) is 3.19. The van der Waals surface area contributed by atoms with Gasteiger partial charge in [0, 0.05) is 43.6 Å². The van der Waals surface area contributed by atoms with Crippen molar-refractivity contribution in [3.63, 3.8) is 0 Å². The molecule has 128 valence electrons. The number of Topliss-reactive ketones (excluding diaryl/α,β-unsaturated/α-hetero) is 1. The van der Waals surface area contributed by atoms with E-state index in [1.165, 1.54) is 17.0 Å². The molecule has 0 saturated carbocycles. The minimum Gasteiger partial charge on any atom is -0.338 e. The van der Waals surface area contributed by atoms with Gasteiger partial charge >= 0.3 is 0 Å². The number of hydrogen-bond acceptors (Lipinski definition) is 4. The minimum absolute atomic E-state index is 0.0487. The van der Waals surface area contributed by atoms with Crippen LogP contribution < -0.4 is 0 Å². The third kappa shape index (κ3) is 3.43. The first-order valence-electron chi connectivity index (χ1n) is 8.27. The summed E-state index contributed by atoms with van der Waals surface area (Å²) in [5, 5.41) is 6.38. The molecule has 0 saturated heterocycles. The number of nitrogens with zero attached hydrogens (tertiary/aromatic N) is 3. The van der Waals surface area contributed by atoms with Crippen LogP contribution in [0.3, 0.4) is 0 Å². The summed E-state index contributed by atoms with van der Waals surface area (Å²) in [6, 6.07) is 3.67. The van der Waals surface area contributed by atoms with Crippen molar-refractivity contribution in [1.82, 2.24) is 14.7 Å². The molecule has 0 fully saturated rings. The molecule has 1 amide bonds. The average molecular weight is 345 g/mol. The SMILES string of the molecule is CC(C)(C)n1ncc2c1CCN(C(=O)CCC(=O)c1cccs1)C2. The summed E-state index contributed by atoms with van der Waals surface area (Å²) < 4.78 is 2.06. The van der Waals surface area contributed by atoms with E-state index in [2.05, 4.69) is 30.6 Å². The molecule has 0 atom stereocenters. The molecule has 0 aliphatic carbocycles. The second kappa shape index (κ2) is 6.51. The molecule has 3 rings (SSSR count). The van der Waals surface area contributed by atoms with Gasteiger partial charge in [0.15, 0.2) is 5.78 Å². The van der Waals surface area contributed by atoms with Gasteiger partial charge in [0.1, 0.15) is 0 Å². The Morgan fingerprint density at radius 2 is 2.08 bits per heavy atom. The molecule has 2 aromatic rings. The largest absolute Gasteiger partial charge is 0.338 e. The number of fused-ring (bicyclic) bond motifs is 1. The maximum absolute atomic E-state index is 12.4. The van der Waals surface area contributed by atoms with Crippen LogP contribution in [-0.4, -0.2) is 32.9 Å². The van der Waals surface area contributed by atoms with Crippen molar-refractivity contribution in [1.29, 1.82) is 0 Å². The van der Waals surface area contributed by atoms with Crippen LogP contribution in [0.25, 0.3) is 0 Å². The molecular weight excluding hydrogens is 322 g/mol. The van der Waals surface area contributed by atoms with Crippen LogP contribution in [-0.2, 0) is 23.3 Å². The van der Waals surface area contributed by atoms with Crippen LogP contribution in [0.2, 0.25) is 0 Å². The molecule has 0 unspecified atom stereocenters. The topological polar surface area (TPSA) is 55.2 Å². The number of carbonyl (C=O) groups is 2. The lowest BCUT2D eigenvalue weighted by Gasteiger charge is -2.30. The van der Waals surface area contributed by atoms with Crippen LogP contribution in [0, 0.1) is 0 Å². The highest BCUT2D eigenvalue weighted by Gasteiger charge is 2.27. The van der Waals surface area contributed by atoms with Crippen LogP contribution in [0.15, 0.2) is 23.7 Å². The van der Waals surface area contributed by atoms with Crippen molar-refractivity contribution in [3.05, 3.63) is 39.8 Å². The zero-order valence-corrected chi connectivity index (χ0v) is 15.2. The smallest absolute Gasteiger partial charge is 0.223 e. The predicted octanol–water partition coefficient (Wildman–Crippen LogP) is 3.25. The van der Waals surface area contributed by atoms with Gasteiger partial charge in [0.25, 0.3) is 0 Å². The third-order valence-corrected chi connectivity index (χ3v) is 5.20. The first-order valence-corrected chi connectivity index (χ1v) is 9.15. The second-order valence-corrected chi connectivity index (χ2v) is 8.11. The molecule has 24 heavy (non-hydrogen) atoms. The van der Waals surface area contributed by atoms with Crippen LogP contribution >= 0.6 is 11.3 Å². The van der Waals surface area contributed by atoms with E-state index >= 15 is 0 Å². The van der Waals surface area contributed by atoms with Gasteiger partial charge in [0.05, 0.1) is 16.6 Å². The summed E-state index contributed by atoms with van der Waals surface area (Å²) in [7, 11) is 0. The molecule has 2 aromatic heterocycles. The number of carbonyl (C=O) groups excluding carboxylic acids is 2. The second-order valence-electron chi connectivity index (χ2n) is 7.16. The van der Waals surface area contributed by atoms with E-state index in [0.29, 0.717) is 13.1 Å². The van der Waals surface area contributed by atoms with E-state index in [1.54, 1.807) is 0 Å². The predicted molar refractivity (Wildman–Crippen MR) is 94.2 cm³/mol. The van der Waals surface area contributed by atoms with Crippen molar-refractivity contribution in [2.24, 2.45) is 0 Å². The van der Waals surface area contributed by atoms with Gasteiger partial charge in [-0.1, -0.05) is 6.07 Å². The summed E-state index contributed by atoms with van der Waals surface area (Å²) in [6.07, 6.45) is 3.25. The summed E-state index contributed by atoms with van der Waals surface area (Å²) >= 11 is 1.43. The first kappa shape index (κ1) is 16.9. The Kier molecular flexibility index (Phi) is 4.58. The zero-order valence-electron chi connectivity index (χ0n) is 14.4. The highest BCUT2D eigenvalue weighted by atomic mass is 32.1. The van der Waals surface area contributed by atoms with Gasteiger partial charge < -0.3 is 4.90 Å². The normalized spacial score (nSPS) is 14.5. The Morgan fingerprint density at radius 3 is 2.75 bits per heavy atom. The van der Waals surface area contributed by atoms with E-state index in [9.17, 15) is 9.59 Å². The molecule has 0 N–H and O–H groups in total. The van der Waals surface area contributed by atoms with Crippen LogP contribution in [0.5, 0.6) is 0 Å². The fourth-order valence-corrected chi connectivity index (χ4v) is 3.76. The number of rotatable bonds is 4. The molecule has 3 heterocycles. The van der Waals surface area contributed by atoms with Crippen molar-refractivity contribution >= 4 is 23.0 Å². The molecule has 0 spiro atoms. The van der Waals surface area contributed by atoms with Gasteiger partial charge in [-0.15, -0.1) is 11.3 Å². The summed E-state index contributed by atoms with van der Waals surface area (Å²) in [5.41, 5.74) is 2.29. The molecule has 0 bridgehead atoms. The Hall–Kier alpha value is -1.95. The Labute approximate surface area is 146 Å². The molecular formula is C18H23N3O2S. The molecule has 0 radical (unpaired) electrons. The highest BCUT2D eigenvalue weighted by Crippen LogP contribution is 2.25. The summed E-state index contributed by atoms with van der Waals surface area (Å²) in [5.74, 6) is 0.102. The quantitative estimate of drug-likeness (QED) is 0.799. The number of thiophene rings is 1.